The van der Waals surface area contributed by atoms with Crippen molar-refractivity contribution in [1.29, 1.82) is 0 Å². The molecule has 2 aromatic heterocycles. The van der Waals surface area contributed by atoms with E-state index in [2.05, 4.69) is 0 Å². The zero-order valence-corrected chi connectivity index (χ0v) is 13.5. The number of aromatic nitrogens is 1. The molecular formula is C19H17NO4. The average molecular weight is 323 g/mol. The second kappa shape index (κ2) is 6.58. The minimum absolute atomic E-state index is 0.193. The number of carbonyl (C=O) groups is 2. The molecular weight excluding hydrogens is 306 g/mol. The van der Waals surface area contributed by atoms with Gasteiger partial charge >= 0.3 is 5.97 Å². The fourth-order valence-electron chi connectivity index (χ4n) is 2.57. The zero-order chi connectivity index (χ0) is 17.1. The summed E-state index contributed by atoms with van der Waals surface area (Å²) in [4.78, 5) is 25.0. The van der Waals surface area contributed by atoms with Crippen molar-refractivity contribution in [3.05, 3.63) is 71.5 Å². The van der Waals surface area contributed by atoms with E-state index in [4.69, 9.17) is 9.47 Å². The molecule has 0 aliphatic rings. The predicted molar refractivity (Wildman–Crippen MR) is 89.8 cm³/mol. The number of fused-ring (bicyclic) bond motifs is 1. The minimum Gasteiger partial charge on any atom is -0.497 e. The maximum absolute atomic E-state index is 12.9. The van der Waals surface area contributed by atoms with E-state index in [1.807, 2.05) is 12.1 Å². The van der Waals surface area contributed by atoms with Crippen LogP contribution in [0.4, 0.5) is 0 Å². The van der Waals surface area contributed by atoms with E-state index < -0.39 is 5.97 Å². The summed E-state index contributed by atoms with van der Waals surface area (Å²) in [5, 5.41) is 0. The lowest BCUT2D eigenvalue weighted by molar-refractivity contribution is 0.0526. The number of esters is 1. The molecule has 1 aromatic carbocycles. The third-order valence-corrected chi connectivity index (χ3v) is 3.71. The van der Waals surface area contributed by atoms with Crippen LogP contribution in [-0.4, -0.2) is 29.9 Å². The summed E-state index contributed by atoms with van der Waals surface area (Å²) in [6, 6.07) is 13.9. The van der Waals surface area contributed by atoms with E-state index in [-0.39, 0.29) is 12.4 Å². The molecule has 0 amide bonds. The molecule has 0 spiro atoms. The third kappa shape index (κ3) is 2.88. The molecule has 0 radical (unpaired) electrons. The van der Waals surface area contributed by atoms with Gasteiger partial charge in [-0.2, -0.15) is 0 Å². The van der Waals surface area contributed by atoms with Crippen LogP contribution in [-0.2, 0) is 4.74 Å². The highest BCUT2D eigenvalue weighted by atomic mass is 16.5. The van der Waals surface area contributed by atoms with Crippen LogP contribution < -0.4 is 4.74 Å². The first-order valence-corrected chi connectivity index (χ1v) is 7.61. The number of hydrogen-bond donors (Lipinski definition) is 0. The van der Waals surface area contributed by atoms with Gasteiger partial charge in [-0.1, -0.05) is 12.1 Å². The molecule has 0 N–H and O–H groups in total. The van der Waals surface area contributed by atoms with Crippen molar-refractivity contribution < 1.29 is 19.1 Å². The molecule has 0 unspecified atom stereocenters. The second-order valence-corrected chi connectivity index (χ2v) is 5.21. The Balaban J connectivity index is 2.11. The first-order chi connectivity index (χ1) is 11.6. The Hall–Kier alpha value is -3.08. The van der Waals surface area contributed by atoms with Gasteiger partial charge in [0, 0.05) is 17.3 Å². The lowest BCUT2D eigenvalue weighted by atomic mass is 10.1. The largest absolute Gasteiger partial charge is 0.497 e. The van der Waals surface area contributed by atoms with Crippen LogP contribution >= 0.6 is 0 Å². The average Bonchev–Trinajstić information content (AvgIpc) is 3.09. The van der Waals surface area contributed by atoms with Crippen molar-refractivity contribution in [3.8, 4) is 5.75 Å². The summed E-state index contributed by atoms with van der Waals surface area (Å²) in [6.07, 6.45) is 1.79. The molecule has 0 saturated carbocycles. The number of pyridine rings is 1. The number of ether oxygens (including phenoxy) is 2. The Morgan fingerprint density at radius 1 is 1.04 bits per heavy atom. The van der Waals surface area contributed by atoms with Gasteiger partial charge in [-0.05, 0) is 43.3 Å². The highest BCUT2D eigenvalue weighted by molar-refractivity contribution is 6.09. The second-order valence-electron chi connectivity index (χ2n) is 5.21. The number of ketones is 1. The van der Waals surface area contributed by atoms with E-state index >= 15 is 0 Å². The highest BCUT2D eigenvalue weighted by Crippen LogP contribution is 2.20. The van der Waals surface area contributed by atoms with Crippen molar-refractivity contribution in [2.45, 2.75) is 6.92 Å². The number of carbonyl (C=O) groups excluding carboxylic acids is 2. The van der Waals surface area contributed by atoms with E-state index in [0.717, 1.165) is 5.52 Å². The van der Waals surface area contributed by atoms with Gasteiger partial charge in [0.1, 0.15) is 5.75 Å². The third-order valence-electron chi connectivity index (χ3n) is 3.71. The molecule has 3 aromatic rings. The summed E-state index contributed by atoms with van der Waals surface area (Å²) >= 11 is 0. The molecule has 0 aliphatic heterocycles. The van der Waals surface area contributed by atoms with Gasteiger partial charge in [0.15, 0.2) is 0 Å². The van der Waals surface area contributed by atoms with Crippen molar-refractivity contribution in [2.24, 2.45) is 0 Å². The van der Waals surface area contributed by atoms with Gasteiger partial charge in [0.2, 0.25) is 5.78 Å². The summed E-state index contributed by atoms with van der Waals surface area (Å²) in [6.45, 7) is 2.03. The summed E-state index contributed by atoms with van der Waals surface area (Å²) in [7, 11) is 1.55. The monoisotopic (exact) mass is 323 g/mol. The Labute approximate surface area is 139 Å². The maximum Gasteiger partial charge on any atom is 0.338 e. The topological polar surface area (TPSA) is 57.0 Å². The molecule has 2 heterocycles. The Morgan fingerprint density at radius 2 is 1.88 bits per heavy atom. The number of hydrogen-bond acceptors (Lipinski definition) is 4. The van der Waals surface area contributed by atoms with E-state index in [1.165, 1.54) is 0 Å². The quantitative estimate of drug-likeness (QED) is 0.534. The van der Waals surface area contributed by atoms with E-state index in [1.54, 1.807) is 61.0 Å². The lowest BCUT2D eigenvalue weighted by Crippen LogP contribution is -2.12. The molecule has 5 nitrogen and oxygen atoms in total. The van der Waals surface area contributed by atoms with Gasteiger partial charge in [-0.3, -0.25) is 4.79 Å². The lowest BCUT2D eigenvalue weighted by Gasteiger charge is -2.10. The number of methoxy groups -OCH3 is 1. The molecule has 0 fully saturated rings. The van der Waals surface area contributed by atoms with Gasteiger partial charge < -0.3 is 13.9 Å². The molecule has 24 heavy (non-hydrogen) atoms. The van der Waals surface area contributed by atoms with E-state index in [9.17, 15) is 9.59 Å². The van der Waals surface area contributed by atoms with Crippen LogP contribution in [0, 0.1) is 0 Å². The zero-order valence-electron chi connectivity index (χ0n) is 13.5. The van der Waals surface area contributed by atoms with Crippen molar-refractivity contribution in [3.63, 3.8) is 0 Å². The Morgan fingerprint density at radius 3 is 2.62 bits per heavy atom. The molecule has 122 valence electrons. The maximum atomic E-state index is 12.9. The molecule has 0 atom stereocenters. The minimum atomic E-state index is -0.444. The van der Waals surface area contributed by atoms with Gasteiger partial charge in [-0.25, -0.2) is 4.79 Å². The van der Waals surface area contributed by atoms with Gasteiger partial charge in [-0.15, -0.1) is 0 Å². The summed E-state index contributed by atoms with van der Waals surface area (Å²) in [5.41, 5.74) is 2.00. The highest BCUT2D eigenvalue weighted by Gasteiger charge is 2.17. The SMILES string of the molecule is CCOC(=O)c1cc(C(=O)c2cccc(OC)c2)n2cccc2c1. The normalized spacial score (nSPS) is 10.6. The van der Waals surface area contributed by atoms with Crippen molar-refractivity contribution in [1.82, 2.24) is 4.40 Å². The number of rotatable bonds is 5. The molecule has 5 heteroatoms. The first kappa shape index (κ1) is 15.8. The standard InChI is InChI=1S/C19H17NO4/c1-3-24-19(22)14-10-15-7-5-9-20(15)17(12-14)18(21)13-6-4-8-16(11-13)23-2/h4-12H,3H2,1-2H3. The van der Waals surface area contributed by atoms with Crippen LogP contribution in [0.5, 0.6) is 5.75 Å². The summed E-state index contributed by atoms with van der Waals surface area (Å²) in [5.74, 6) is -0.0340. The van der Waals surface area contributed by atoms with Gasteiger partial charge in [0.25, 0.3) is 0 Å². The van der Waals surface area contributed by atoms with Crippen LogP contribution in [0.15, 0.2) is 54.7 Å². The smallest absolute Gasteiger partial charge is 0.338 e. The number of benzene rings is 1. The molecule has 0 saturated heterocycles. The Bertz CT molecular complexity index is 911. The molecule has 0 aliphatic carbocycles. The van der Waals surface area contributed by atoms with Crippen LogP contribution in [0.2, 0.25) is 0 Å². The van der Waals surface area contributed by atoms with Gasteiger partial charge in [0.05, 0.1) is 25.0 Å². The molecule has 3 rings (SSSR count). The van der Waals surface area contributed by atoms with Crippen LogP contribution in [0.25, 0.3) is 5.52 Å². The first-order valence-electron chi connectivity index (χ1n) is 7.61. The fourth-order valence-corrected chi connectivity index (χ4v) is 2.57. The van der Waals surface area contributed by atoms with Crippen molar-refractivity contribution >= 4 is 17.3 Å². The Kier molecular flexibility index (Phi) is 4.33. The summed E-state index contributed by atoms with van der Waals surface area (Å²) < 4.78 is 12.0. The van der Waals surface area contributed by atoms with Crippen molar-refractivity contribution in [2.75, 3.05) is 13.7 Å². The molecule has 0 bridgehead atoms. The predicted octanol–water partition coefficient (Wildman–Crippen LogP) is 3.36. The van der Waals surface area contributed by atoms with E-state index in [0.29, 0.717) is 22.6 Å². The van der Waals surface area contributed by atoms with Crippen LogP contribution in [0.1, 0.15) is 33.3 Å². The number of nitrogens with zero attached hydrogens (tertiary/aromatic N) is 1. The fraction of sp³-hybridized carbons (Fsp3) is 0.158. The van der Waals surface area contributed by atoms with Crippen LogP contribution in [0.3, 0.4) is 0 Å².